The number of carbonyl (C=O) groups is 1. The van der Waals surface area contributed by atoms with E-state index < -0.39 is 10.0 Å². The van der Waals surface area contributed by atoms with Crippen molar-refractivity contribution in [3.05, 3.63) is 53.6 Å². The molecule has 0 spiro atoms. The molecule has 1 aliphatic carbocycles. The molecule has 1 fully saturated rings. The number of hydrogen-bond donors (Lipinski definition) is 2. The van der Waals surface area contributed by atoms with Crippen LogP contribution in [0.3, 0.4) is 0 Å². The van der Waals surface area contributed by atoms with Gasteiger partial charge in [0.1, 0.15) is 0 Å². The molecule has 7 heteroatoms. The molecular weight excluding hydrogens is 372 g/mol. The lowest BCUT2D eigenvalue weighted by Crippen LogP contribution is -2.16. The van der Waals surface area contributed by atoms with Gasteiger partial charge in [0.05, 0.1) is 4.90 Å². The molecule has 138 valence electrons. The van der Waals surface area contributed by atoms with Crippen LogP contribution in [-0.2, 0) is 14.8 Å². The van der Waals surface area contributed by atoms with Crippen LogP contribution in [0.15, 0.2) is 53.4 Å². The lowest BCUT2D eigenvalue weighted by molar-refractivity contribution is -0.117. The summed E-state index contributed by atoms with van der Waals surface area (Å²) in [6.45, 7) is 0. The van der Waals surface area contributed by atoms with Crippen molar-refractivity contribution in [2.24, 2.45) is 5.92 Å². The van der Waals surface area contributed by atoms with Gasteiger partial charge in [0.2, 0.25) is 5.91 Å². The van der Waals surface area contributed by atoms with Crippen molar-refractivity contribution in [2.45, 2.75) is 37.0 Å². The van der Waals surface area contributed by atoms with Crippen LogP contribution >= 0.6 is 11.6 Å². The first kappa shape index (κ1) is 18.7. The number of benzene rings is 2. The summed E-state index contributed by atoms with van der Waals surface area (Å²) in [6, 6.07) is 12.7. The Morgan fingerprint density at radius 2 is 1.73 bits per heavy atom. The monoisotopic (exact) mass is 392 g/mol. The highest BCUT2D eigenvalue weighted by atomic mass is 35.5. The molecule has 2 aromatic rings. The number of sulfonamides is 1. The van der Waals surface area contributed by atoms with E-state index in [4.69, 9.17) is 11.6 Å². The van der Waals surface area contributed by atoms with Crippen molar-refractivity contribution in [3.8, 4) is 0 Å². The average molecular weight is 393 g/mol. The molecule has 5 nitrogen and oxygen atoms in total. The molecule has 0 radical (unpaired) electrons. The standard InChI is InChI=1S/C19H21ClN2O3S/c20-15-8-10-16(11-9-15)22-26(24,25)18-7-3-6-17(13-18)21-19(23)12-14-4-1-2-5-14/h3,6-11,13-14,22H,1-2,4-5,12H2,(H,21,23). The highest BCUT2D eigenvalue weighted by Gasteiger charge is 2.19. The van der Waals surface area contributed by atoms with Crippen molar-refractivity contribution >= 4 is 38.9 Å². The fourth-order valence-electron chi connectivity index (χ4n) is 3.16. The van der Waals surface area contributed by atoms with E-state index in [0.717, 1.165) is 12.8 Å². The second kappa shape index (κ2) is 8.10. The number of halogens is 1. The molecule has 0 bridgehead atoms. The lowest BCUT2D eigenvalue weighted by Gasteiger charge is -2.12. The third-order valence-electron chi connectivity index (χ3n) is 4.47. The van der Waals surface area contributed by atoms with E-state index >= 15 is 0 Å². The van der Waals surface area contributed by atoms with Crippen LogP contribution in [0.5, 0.6) is 0 Å². The van der Waals surface area contributed by atoms with Gasteiger partial charge in [-0.2, -0.15) is 0 Å². The third kappa shape index (κ3) is 4.99. The van der Waals surface area contributed by atoms with Gasteiger partial charge in [-0.25, -0.2) is 8.42 Å². The third-order valence-corrected chi connectivity index (χ3v) is 6.10. The van der Waals surface area contributed by atoms with Gasteiger partial charge in [-0.1, -0.05) is 30.5 Å². The van der Waals surface area contributed by atoms with E-state index in [-0.39, 0.29) is 10.8 Å². The zero-order chi connectivity index (χ0) is 18.6. The van der Waals surface area contributed by atoms with Crippen LogP contribution in [0.2, 0.25) is 5.02 Å². The molecule has 0 atom stereocenters. The van der Waals surface area contributed by atoms with E-state index in [2.05, 4.69) is 10.0 Å². The van der Waals surface area contributed by atoms with Gasteiger partial charge in [-0.15, -0.1) is 0 Å². The van der Waals surface area contributed by atoms with Gasteiger partial charge in [0.15, 0.2) is 0 Å². The zero-order valence-electron chi connectivity index (χ0n) is 14.2. The Bertz CT molecular complexity index is 876. The summed E-state index contributed by atoms with van der Waals surface area (Å²) < 4.78 is 27.6. The lowest BCUT2D eigenvalue weighted by atomic mass is 10.0. The molecule has 1 saturated carbocycles. The minimum atomic E-state index is -3.75. The Kier molecular flexibility index (Phi) is 5.84. The van der Waals surface area contributed by atoms with E-state index in [1.807, 2.05) is 0 Å². The summed E-state index contributed by atoms with van der Waals surface area (Å²) in [5, 5.41) is 3.33. The molecule has 26 heavy (non-hydrogen) atoms. The van der Waals surface area contributed by atoms with Crippen molar-refractivity contribution in [1.29, 1.82) is 0 Å². The van der Waals surface area contributed by atoms with Crippen molar-refractivity contribution in [2.75, 3.05) is 10.0 Å². The van der Waals surface area contributed by atoms with Crippen LogP contribution in [0.1, 0.15) is 32.1 Å². The molecule has 3 rings (SSSR count). The first-order chi connectivity index (χ1) is 12.4. The SMILES string of the molecule is O=C(CC1CCCC1)Nc1cccc(S(=O)(=O)Nc2ccc(Cl)cc2)c1. The first-order valence-corrected chi connectivity index (χ1v) is 10.5. The minimum Gasteiger partial charge on any atom is -0.326 e. The summed E-state index contributed by atoms with van der Waals surface area (Å²) in [6.07, 6.45) is 5.03. The quantitative estimate of drug-likeness (QED) is 0.750. The Hall–Kier alpha value is -2.05. The Morgan fingerprint density at radius 3 is 2.42 bits per heavy atom. The van der Waals surface area contributed by atoms with E-state index in [1.165, 1.54) is 25.0 Å². The molecule has 1 aliphatic rings. The Morgan fingerprint density at radius 1 is 1.04 bits per heavy atom. The molecule has 1 amide bonds. The predicted molar refractivity (Wildman–Crippen MR) is 104 cm³/mol. The largest absolute Gasteiger partial charge is 0.326 e. The average Bonchev–Trinajstić information content (AvgIpc) is 3.10. The van der Waals surface area contributed by atoms with Crippen LogP contribution in [-0.4, -0.2) is 14.3 Å². The fraction of sp³-hybridized carbons (Fsp3) is 0.316. The first-order valence-electron chi connectivity index (χ1n) is 8.61. The zero-order valence-corrected chi connectivity index (χ0v) is 15.8. The highest BCUT2D eigenvalue weighted by molar-refractivity contribution is 7.92. The van der Waals surface area contributed by atoms with Crippen LogP contribution < -0.4 is 10.0 Å². The molecule has 0 heterocycles. The Balaban J connectivity index is 1.69. The number of amides is 1. The summed E-state index contributed by atoms with van der Waals surface area (Å²) in [4.78, 5) is 12.3. The predicted octanol–water partition coefficient (Wildman–Crippen LogP) is 4.66. The maximum absolute atomic E-state index is 12.5. The molecule has 2 aromatic carbocycles. The summed E-state index contributed by atoms with van der Waals surface area (Å²) in [5.41, 5.74) is 0.900. The minimum absolute atomic E-state index is 0.0721. The van der Waals surface area contributed by atoms with Gasteiger partial charge < -0.3 is 5.32 Å². The second-order valence-electron chi connectivity index (χ2n) is 6.54. The normalized spacial score (nSPS) is 15.0. The van der Waals surface area contributed by atoms with Gasteiger partial charge in [0, 0.05) is 22.8 Å². The molecular formula is C19H21ClN2O3S. The topological polar surface area (TPSA) is 75.3 Å². The number of carbonyl (C=O) groups excluding carboxylic acids is 1. The molecule has 0 aromatic heterocycles. The summed E-state index contributed by atoms with van der Waals surface area (Å²) >= 11 is 5.81. The second-order valence-corrected chi connectivity index (χ2v) is 8.66. The maximum Gasteiger partial charge on any atom is 0.261 e. The van der Waals surface area contributed by atoms with Crippen molar-refractivity contribution < 1.29 is 13.2 Å². The number of hydrogen-bond acceptors (Lipinski definition) is 3. The smallest absolute Gasteiger partial charge is 0.261 e. The van der Waals surface area contributed by atoms with Crippen molar-refractivity contribution in [3.63, 3.8) is 0 Å². The number of nitrogens with one attached hydrogen (secondary N) is 2. The number of rotatable bonds is 6. The van der Waals surface area contributed by atoms with Crippen LogP contribution in [0, 0.1) is 5.92 Å². The highest BCUT2D eigenvalue weighted by Crippen LogP contribution is 2.28. The molecule has 2 N–H and O–H groups in total. The molecule has 0 aliphatic heterocycles. The summed E-state index contributed by atoms with van der Waals surface area (Å²) in [5.74, 6) is 0.366. The van der Waals surface area contributed by atoms with Gasteiger partial charge in [0.25, 0.3) is 10.0 Å². The van der Waals surface area contributed by atoms with Gasteiger partial charge in [-0.05, 0) is 61.2 Å². The van der Waals surface area contributed by atoms with E-state index in [9.17, 15) is 13.2 Å². The molecule has 0 saturated heterocycles. The van der Waals surface area contributed by atoms with Gasteiger partial charge >= 0.3 is 0 Å². The summed E-state index contributed by atoms with van der Waals surface area (Å²) in [7, 11) is -3.75. The van der Waals surface area contributed by atoms with Crippen molar-refractivity contribution in [1.82, 2.24) is 0 Å². The Labute approximate surface area is 158 Å². The molecule has 0 unspecified atom stereocenters. The fourth-order valence-corrected chi connectivity index (χ4v) is 4.39. The van der Waals surface area contributed by atoms with Gasteiger partial charge in [-0.3, -0.25) is 9.52 Å². The number of anilines is 2. The maximum atomic E-state index is 12.5. The van der Waals surface area contributed by atoms with Crippen LogP contribution in [0.25, 0.3) is 0 Å². The van der Waals surface area contributed by atoms with E-state index in [0.29, 0.717) is 28.7 Å². The van der Waals surface area contributed by atoms with Crippen LogP contribution in [0.4, 0.5) is 11.4 Å². The van der Waals surface area contributed by atoms with E-state index in [1.54, 1.807) is 36.4 Å².